The quantitative estimate of drug-likeness (QED) is 0.716. The van der Waals surface area contributed by atoms with E-state index in [9.17, 15) is 5.21 Å². The Kier molecular flexibility index (Phi) is 3.21. The first-order chi connectivity index (χ1) is 6.38. The lowest BCUT2D eigenvalue weighted by atomic mass is 9.97. The van der Waals surface area contributed by atoms with Gasteiger partial charge in [-0.2, -0.15) is 4.73 Å². The predicted octanol–water partition coefficient (Wildman–Crippen LogP) is 2.33. The monoisotopic (exact) mass is 214 g/mol. The van der Waals surface area contributed by atoms with E-state index < -0.39 is 0 Å². The minimum absolute atomic E-state index is 0.106. The summed E-state index contributed by atoms with van der Waals surface area (Å²) in [5.41, 5.74) is 0.586. The number of rotatable bonds is 1. The van der Waals surface area contributed by atoms with Gasteiger partial charge < -0.3 is 5.21 Å². The van der Waals surface area contributed by atoms with Crippen molar-refractivity contribution in [2.24, 2.45) is 10.4 Å². The zero-order valence-electron chi connectivity index (χ0n) is 8.66. The van der Waals surface area contributed by atoms with E-state index in [1.54, 1.807) is 12.1 Å². The molecule has 0 aliphatic heterocycles. The Morgan fingerprint density at radius 1 is 1.50 bits per heavy atom. The summed E-state index contributed by atoms with van der Waals surface area (Å²) in [5, 5.41) is 9.97. The number of pyridine rings is 1. The topological polar surface area (TPSA) is 37.5 Å². The molecule has 4 heteroatoms. The van der Waals surface area contributed by atoms with Crippen LogP contribution in [-0.4, -0.2) is 16.5 Å². The average molecular weight is 215 g/mol. The standard InChI is InChI=1S/C10H15ClN2O/c1-10(2,3)7-12-9-6-8(11)4-5-13(9)14/h4-6,14H,7H2,1-3H3. The summed E-state index contributed by atoms with van der Waals surface area (Å²) in [6.07, 6.45) is 1.48. The van der Waals surface area contributed by atoms with Crippen molar-refractivity contribution < 1.29 is 5.21 Å². The molecule has 1 rings (SSSR count). The third kappa shape index (κ3) is 3.42. The zero-order valence-corrected chi connectivity index (χ0v) is 9.41. The highest BCUT2D eigenvalue weighted by Gasteiger charge is 2.08. The van der Waals surface area contributed by atoms with E-state index in [0.717, 1.165) is 4.73 Å². The number of halogens is 1. The van der Waals surface area contributed by atoms with Crippen LogP contribution in [0.25, 0.3) is 0 Å². The Hall–Kier alpha value is -0.960. The van der Waals surface area contributed by atoms with Crippen LogP contribution in [0.4, 0.5) is 0 Å². The Labute approximate surface area is 88.6 Å². The van der Waals surface area contributed by atoms with Crippen molar-refractivity contribution in [3.63, 3.8) is 0 Å². The lowest BCUT2D eigenvalue weighted by Crippen LogP contribution is -2.21. The first kappa shape index (κ1) is 11.1. The van der Waals surface area contributed by atoms with Crippen LogP contribution in [0.5, 0.6) is 0 Å². The van der Waals surface area contributed by atoms with Crippen LogP contribution in [0, 0.1) is 5.41 Å². The van der Waals surface area contributed by atoms with Gasteiger partial charge in [0.15, 0.2) is 5.49 Å². The van der Waals surface area contributed by atoms with Gasteiger partial charge in [0.2, 0.25) is 0 Å². The van der Waals surface area contributed by atoms with Crippen LogP contribution >= 0.6 is 11.6 Å². The molecule has 0 radical (unpaired) electrons. The summed E-state index contributed by atoms with van der Waals surface area (Å²) in [6, 6.07) is 3.24. The Balaban J connectivity index is 3.00. The first-order valence-corrected chi connectivity index (χ1v) is 4.84. The number of aromatic nitrogens is 1. The molecule has 1 aromatic rings. The molecule has 0 unspecified atom stereocenters. The van der Waals surface area contributed by atoms with Crippen molar-refractivity contribution in [2.75, 3.05) is 6.54 Å². The maximum atomic E-state index is 9.40. The molecule has 0 spiro atoms. The number of nitrogens with zero attached hydrogens (tertiary/aromatic N) is 2. The van der Waals surface area contributed by atoms with E-state index in [1.807, 2.05) is 0 Å². The van der Waals surface area contributed by atoms with E-state index >= 15 is 0 Å². The van der Waals surface area contributed by atoms with Crippen LogP contribution in [-0.2, 0) is 0 Å². The predicted molar refractivity (Wildman–Crippen MR) is 56.5 cm³/mol. The van der Waals surface area contributed by atoms with Gasteiger partial charge in [0.25, 0.3) is 0 Å². The highest BCUT2D eigenvalue weighted by atomic mass is 35.5. The van der Waals surface area contributed by atoms with Gasteiger partial charge in [-0.1, -0.05) is 32.4 Å². The molecule has 0 saturated carbocycles. The van der Waals surface area contributed by atoms with Crippen LogP contribution < -0.4 is 5.49 Å². The number of hydrogen-bond donors (Lipinski definition) is 1. The fourth-order valence-electron chi connectivity index (χ4n) is 0.892. The van der Waals surface area contributed by atoms with E-state index in [-0.39, 0.29) is 5.41 Å². The summed E-state index contributed by atoms with van der Waals surface area (Å²) < 4.78 is 0.970. The maximum absolute atomic E-state index is 9.40. The van der Waals surface area contributed by atoms with Gasteiger partial charge in [-0.25, -0.2) is 0 Å². The summed E-state index contributed by atoms with van der Waals surface area (Å²) >= 11 is 5.78. The minimum Gasteiger partial charge on any atom is -0.427 e. The molecule has 0 saturated heterocycles. The fourth-order valence-corrected chi connectivity index (χ4v) is 1.05. The molecule has 0 atom stereocenters. The van der Waals surface area contributed by atoms with E-state index in [2.05, 4.69) is 25.8 Å². The Morgan fingerprint density at radius 3 is 2.71 bits per heavy atom. The van der Waals surface area contributed by atoms with Crippen molar-refractivity contribution in [1.29, 1.82) is 0 Å². The van der Waals surface area contributed by atoms with Gasteiger partial charge in [-0.15, -0.1) is 0 Å². The third-order valence-corrected chi connectivity index (χ3v) is 1.83. The molecule has 1 N–H and O–H groups in total. The van der Waals surface area contributed by atoms with Crippen molar-refractivity contribution in [2.45, 2.75) is 20.8 Å². The van der Waals surface area contributed by atoms with Crippen LogP contribution in [0.2, 0.25) is 5.02 Å². The van der Waals surface area contributed by atoms with Crippen LogP contribution in [0.3, 0.4) is 0 Å². The molecule has 0 fully saturated rings. The largest absolute Gasteiger partial charge is 0.427 e. The second kappa shape index (κ2) is 4.05. The molecule has 0 aliphatic carbocycles. The highest BCUT2D eigenvalue weighted by molar-refractivity contribution is 6.30. The molecular formula is C10H15ClN2O. The minimum atomic E-state index is 0.106. The molecular weight excluding hydrogens is 200 g/mol. The highest BCUT2D eigenvalue weighted by Crippen LogP contribution is 2.12. The van der Waals surface area contributed by atoms with Gasteiger partial charge >= 0.3 is 0 Å². The fraction of sp³-hybridized carbons (Fsp3) is 0.500. The lowest BCUT2D eigenvalue weighted by molar-refractivity contribution is 0.170. The van der Waals surface area contributed by atoms with E-state index in [1.165, 1.54) is 6.20 Å². The summed E-state index contributed by atoms with van der Waals surface area (Å²) in [4.78, 5) is 4.27. The van der Waals surface area contributed by atoms with Crippen LogP contribution in [0.1, 0.15) is 20.8 Å². The molecule has 1 aromatic heterocycles. The van der Waals surface area contributed by atoms with E-state index in [0.29, 0.717) is 17.1 Å². The third-order valence-electron chi connectivity index (χ3n) is 1.59. The maximum Gasteiger partial charge on any atom is 0.164 e. The van der Waals surface area contributed by atoms with Crippen molar-refractivity contribution in [1.82, 2.24) is 4.73 Å². The molecule has 1 heterocycles. The smallest absolute Gasteiger partial charge is 0.164 e. The van der Waals surface area contributed by atoms with Gasteiger partial charge in [-0.3, -0.25) is 4.99 Å². The SMILES string of the molecule is CC(C)(C)CN=c1cc(Cl)ccn1O. The van der Waals surface area contributed by atoms with Gasteiger partial charge in [0.1, 0.15) is 0 Å². The molecule has 0 aromatic carbocycles. The summed E-state index contributed by atoms with van der Waals surface area (Å²) in [6.45, 7) is 6.90. The van der Waals surface area contributed by atoms with Crippen molar-refractivity contribution >= 4 is 11.6 Å². The molecule has 0 amide bonds. The molecule has 0 aliphatic rings. The second-order valence-corrected chi connectivity index (χ2v) is 4.86. The molecule has 78 valence electrons. The lowest BCUT2D eigenvalue weighted by Gasteiger charge is -2.13. The van der Waals surface area contributed by atoms with Gasteiger partial charge in [0.05, 0.1) is 0 Å². The van der Waals surface area contributed by atoms with Crippen molar-refractivity contribution in [3.8, 4) is 0 Å². The zero-order chi connectivity index (χ0) is 10.8. The van der Waals surface area contributed by atoms with Gasteiger partial charge in [-0.05, 0) is 11.5 Å². The number of hydrogen-bond acceptors (Lipinski definition) is 2. The summed E-state index contributed by atoms with van der Waals surface area (Å²) in [7, 11) is 0. The molecule has 3 nitrogen and oxygen atoms in total. The first-order valence-electron chi connectivity index (χ1n) is 4.46. The second-order valence-electron chi connectivity index (χ2n) is 4.42. The Morgan fingerprint density at radius 2 is 2.14 bits per heavy atom. The van der Waals surface area contributed by atoms with Crippen LogP contribution in [0.15, 0.2) is 23.3 Å². The molecule has 14 heavy (non-hydrogen) atoms. The summed E-state index contributed by atoms with van der Waals surface area (Å²) in [5.74, 6) is 0. The normalized spacial score (nSPS) is 13.3. The Bertz CT molecular complexity index is 376. The molecule has 0 bridgehead atoms. The average Bonchev–Trinajstić information content (AvgIpc) is 2.05. The van der Waals surface area contributed by atoms with Gasteiger partial charge in [0, 0.05) is 23.8 Å². The van der Waals surface area contributed by atoms with Crippen molar-refractivity contribution in [3.05, 3.63) is 28.8 Å². The van der Waals surface area contributed by atoms with E-state index in [4.69, 9.17) is 11.6 Å².